The number of Topliss-reactive ketones (excluding diaryl/α,β-unsaturated/α-hetero) is 1. The molecule has 37 heavy (non-hydrogen) atoms. The summed E-state index contributed by atoms with van der Waals surface area (Å²) in [5.74, 6) is -2.02. The third kappa shape index (κ3) is 2.95. The molecule has 1 heterocycles. The van der Waals surface area contributed by atoms with Crippen LogP contribution in [0, 0.1) is 39.8 Å². The summed E-state index contributed by atoms with van der Waals surface area (Å²) in [5, 5.41) is 23.4. The molecule has 1 aliphatic heterocycles. The maximum absolute atomic E-state index is 15.8. The van der Waals surface area contributed by atoms with E-state index in [1.54, 1.807) is 23.3 Å². The van der Waals surface area contributed by atoms with E-state index in [1.807, 2.05) is 13.8 Å². The molecule has 6 nitrogen and oxygen atoms in total. The largest absolute Gasteiger partial charge is 0.393 e. The van der Waals surface area contributed by atoms with E-state index in [1.165, 1.54) is 24.3 Å². The summed E-state index contributed by atoms with van der Waals surface area (Å²) in [5.41, 5.74) is -2.71. The second-order valence-corrected chi connectivity index (χ2v) is 12.3. The predicted molar refractivity (Wildman–Crippen MR) is 131 cm³/mol. The average molecular weight is 514 g/mol. The summed E-state index contributed by atoms with van der Waals surface area (Å²) in [6, 6.07) is 5.82. The number of aliphatic hydroxyl groups is 2. The average Bonchev–Trinajstić information content (AvgIpc) is 3.31. The van der Waals surface area contributed by atoms with Crippen molar-refractivity contribution in [1.29, 1.82) is 0 Å². The van der Waals surface area contributed by atoms with E-state index < -0.39 is 46.5 Å². The molecule has 6 rings (SSSR count). The number of carbonyl (C=O) groups is 2. The number of halogens is 2. The number of anilines is 1. The van der Waals surface area contributed by atoms with Crippen LogP contribution in [0.3, 0.4) is 0 Å². The monoisotopic (exact) mass is 513 g/mol. The van der Waals surface area contributed by atoms with E-state index in [9.17, 15) is 24.2 Å². The Morgan fingerprint density at radius 1 is 1.19 bits per heavy atom. The third-order valence-corrected chi connectivity index (χ3v) is 10.9. The zero-order valence-electron chi connectivity index (χ0n) is 21.3. The zero-order chi connectivity index (χ0) is 26.5. The summed E-state index contributed by atoms with van der Waals surface area (Å²) >= 11 is 0. The Bertz CT molecular complexity index is 1230. The zero-order valence-corrected chi connectivity index (χ0v) is 21.3. The molecule has 4 fully saturated rings. The van der Waals surface area contributed by atoms with Crippen LogP contribution in [-0.2, 0) is 14.4 Å². The standard InChI is InChI=1S/C29H33F2NO5/c1-26-9-8-19(34)10-20(26)22(31)11-21-25(26)23(35)13-28(3)27(21,2)12-16-14-32(18-6-4-17(30)5-7-18)37-29(16,28)24(36)15-33/h4-10,16,21-23,25,33,35H,11-15H2,1-3H3. The number of aliphatic hydroxyl groups excluding tert-OH is 2. The van der Waals surface area contributed by atoms with Gasteiger partial charge in [-0.2, -0.15) is 0 Å². The van der Waals surface area contributed by atoms with Crippen molar-refractivity contribution in [2.45, 2.75) is 57.9 Å². The van der Waals surface area contributed by atoms with Crippen LogP contribution in [0.2, 0.25) is 0 Å². The highest BCUT2D eigenvalue weighted by Gasteiger charge is 2.79. The molecule has 9 atom stereocenters. The van der Waals surface area contributed by atoms with Gasteiger partial charge in [-0.15, -0.1) is 0 Å². The number of benzene rings is 1. The molecule has 9 unspecified atom stereocenters. The van der Waals surface area contributed by atoms with Gasteiger partial charge in [0.1, 0.15) is 18.6 Å². The fourth-order valence-electron chi connectivity index (χ4n) is 9.17. The van der Waals surface area contributed by atoms with Crippen molar-refractivity contribution in [1.82, 2.24) is 0 Å². The number of alkyl halides is 1. The maximum Gasteiger partial charge on any atom is 0.193 e. The summed E-state index contributed by atoms with van der Waals surface area (Å²) in [7, 11) is 0. The van der Waals surface area contributed by atoms with Gasteiger partial charge in [0.25, 0.3) is 0 Å². The van der Waals surface area contributed by atoms with Crippen LogP contribution in [0.1, 0.15) is 40.0 Å². The normalized spacial score (nSPS) is 46.1. The van der Waals surface area contributed by atoms with Crippen molar-refractivity contribution in [3.05, 3.63) is 53.9 Å². The number of hydroxylamine groups is 1. The highest BCUT2D eigenvalue weighted by atomic mass is 19.1. The Balaban J connectivity index is 1.45. The summed E-state index contributed by atoms with van der Waals surface area (Å²) in [6.45, 7) is 5.55. The molecule has 0 radical (unpaired) electrons. The van der Waals surface area contributed by atoms with Crippen LogP contribution >= 0.6 is 0 Å². The molecule has 198 valence electrons. The third-order valence-electron chi connectivity index (χ3n) is 10.9. The van der Waals surface area contributed by atoms with Crippen LogP contribution in [-0.4, -0.2) is 52.8 Å². The number of hydrogen-bond acceptors (Lipinski definition) is 6. The van der Waals surface area contributed by atoms with Crippen LogP contribution in [0.4, 0.5) is 14.5 Å². The van der Waals surface area contributed by atoms with Gasteiger partial charge in [-0.05, 0) is 72.6 Å². The minimum Gasteiger partial charge on any atom is -0.393 e. The van der Waals surface area contributed by atoms with E-state index in [0.717, 1.165) is 0 Å². The van der Waals surface area contributed by atoms with Gasteiger partial charge in [-0.1, -0.05) is 26.8 Å². The first-order valence-electron chi connectivity index (χ1n) is 13.0. The molecule has 1 aromatic carbocycles. The Kier molecular flexibility index (Phi) is 5.25. The van der Waals surface area contributed by atoms with Gasteiger partial charge in [0, 0.05) is 22.7 Å². The number of nitrogens with zero attached hydrogens (tertiary/aromatic N) is 1. The molecule has 3 saturated carbocycles. The summed E-state index contributed by atoms with van der Waals surface area (Å²) < 4.78 is 29.4. The Morgan fingerprint density at radius 3 is 2.57 bits per heavy atom. The van der Waals surface area contributed by atoms with Gasteiger partial charge in [-0.3, -0.25) is 19.5 Å². The smallest absolute Gasteiger partial charge is 0.193 e. The molecular formula is C29H33F2NO5. The SMILES string of the molecule is CC12C=CC(=O)C=C1C(F)CC1C2C(O)CC2(C)C1(C)CC1CN(c3ccc(F)cc3)OC12C(=O)CO. The first-order chi connectivity index (χ1) is 17.4. The van der Waals surface area contributed by atoms with Crippen molar-refractivity contribution >= 4 is 17.3 Å². The lowest BCUT2D eigenvalue weighted by atomic mass is 9.41. The number of carbonyl (C=O) groups excluding carboxylic acids is 2. The first kappa shape index (κ1) is 24.9. The van der Waals surface area contributed by atoms with Crippen LogP contribution in [0.15, 0.2) is 48.1 Å². The number of fused-ring (bicyclic) bond motifs is 7. The number of rotatable bonds is 3. The highest BCUT2D eigenvalue weighted by molar-refractivity contribution is 6.01. The predicted octanol–water partition coefficient (Wildman–Crippen LogP) is 3.72. The van der Waals surface area contributed by atoms with Crippen LogP contribution in [0.5, 0.6) is 0 Å². The minimum absolute atomic E-state index is 0.147. The molecule has 0 amide bonds. The Labute approximate surface area is 214 Å². The van der Waals surface area contributed by atoms with E-state index in [4.69, 9.17) is 4.84 Å². The Hall–Kier alpha value is -2.42. The van der Waals surface area contributed by atoms with Crippen LogP contribution < -0.4 is 5.06 Å². The van der Waals surface area contributed by atoms with Crippen LogP contribution in [0.25, 0.3) is 0 Å². The first-order valence-corrected chi connectivity index (χ1v) is 13.0. The van der Waals surface area contributed by atoms with E-state index in [2.05, 4.69) is 6.92 Å². The van der Waals surface area contributed by atoms with Gasteiger partial charge in [0.05, 0.1) is 18.3 Å². The molecule has 1 saturated heterocycles. The van der Waals surface area contributed by atoms with Gasteiger partial charge < -0.3 is 10.2 Å². The van der Waals surface area contributed by atoms with Gasteiger partial charge >= 0.3 is 0 Å². The van der Waals surface area contributed by atoms with Gasteiger partial charge in [0.15, 0.2) is 17.2 Å². The molecule has 0 aromatic heterocycles. The molecule has 0 bridgehead atoms. The van der Waals surface area contributed by atoms with E-state index in [0.29, 0.717) is 24.2 Å². The lowest BCUT2D eigenvalue weighted by molar-refractivity contribution is -0.216. The maximum atomic E-state index is 15.8. The van der Waals surface area contributed by atoms with Crippen molar-refractivity contribution in [3.8, 4) is 0 Å². The second kappa shape index (κ2) is 7.80. The molecule has 4 aliphatic carbocycles. The molecule has 0 spiro atoms. The fraction of sp³-hybridized carbons (Fsp3) is 0.586. The number of hydrogen-bond donors (Lipinski definition) is 2. The summed E-state index contributed by atoms with van der Waals surface area (Å²) in [4.78, 5) is 32.2. The molecule has 8 heteroatoms. The van der Waals surface area contributed by atoms with Gasteiger partial charge in [-0.25, -0.2) is 8.78 Å². The van der Waals surface area contributed by atoms with Crippen molar-refractivity contribution in [3.63, 3.8) is 0 Å². The minimum atomic E-state index is -1.42. The molecule has 2 N–H and O–H groups in total. The van der Waals surface area contributed by atoms with Crippen molar-refractivity contribution in [2.24, 2.45) is 34.0 Å². The molecule has 5 aliphatic rings. The quantitative estimate of drug-likeness (QED) is 0.641. The highest BCUT2D eigenvalue weighted by Crippen LogP contribution is 2.76. The van der Waals surface area contributed by atoms with E-state index >= 15 is 4.39 Å². The second-order valence-electron chi connectivity index (χ2n) is 12.3. The van der Waals surface area contributed by atoms with Gasteiger partial charge in [0.2, 0.25) is 0 Å². The topological polar surface area (TPSA) is 87.1 Å². The molecule has 1 aromatic rings. The Morgan fingerprint density at radius 2 is 1.89 bits per heavy atom. The lowest BCUT2D eigenvalue weighted by Crippen LogP contribution is -2.67. The summed E-state index contributed by atoms with van der Waals surface area (Å²) in [6.07, 6.45) is 3.30. The fourth-order valence-corrected chi connectivity index (χ4v) is 9.17. The number of ketones is 2. The van der Waals surface area contributed by atoms with Crippen molar-refractivity contribution in [2.75, 3.05) is 18.2 Å². The molecular weight excluding hydrogens is 480 g/mol. The van der Waals surface area contributed by atoms with E-state index in [-0.39, 0.29) is 42.2 Å². The van der Waals surface area contributed by atoms with Crippen molar-refractivity contribution < 1.29 is 33.4 Å². The lowest BCUT2D eigenvalue weighted by Gasteiger charge is -2.64. The number of allylic oxidation sites excluding steroid dienone is 4.